The van der Waals surface area contributed by atoms with Crippen LogP contribution >= 0.6 is 0 Å². The van der Waals surface area contributed by atoms with Crippen molar-refractivity contribution in [2.45, 2.75) is 64.8 Å². The SMILES string of the molecule is C=C/C=C(\N)C(=O)NC(c1cn2nc(C[C@H]3CCCNC3=O)c(N3CCN(CCOC)CC3)nc2n1)C(C)CCCCC. The first-order chi connectivity index (χ1) is 20.8. The molecule has 2 aromatic heterocycles. The van der Waals surface area contributed by atoms with Gasteiger partial charge in [-0.2, -0.15) is 10.1 Å². The van der Waals surface area contributed by atoms with E-state index in [1.165, 1.54) is 12.2 Å². The number of piperazine rings is 1. The summed E-state index contributed by atoms with van der Waals surface area (Å²) in [6.07, 6.45) is 11.4. The van der Waals surface area contributed by atoms with Crippen LogP contribution < -0.4 is 21.3 Å². The molecule has 236 valence electrons. The standard InChI is InChI=1S/C31H49N9O3/c1-5-7-8-11-22(3)27(35-30(42)24(32)10-6-2)26-21-40-31(34-26)36-28(39-16-14-38(15-17-39)18-19-43-4)25(37-40)20-23-12-9-13-33-29(23)41/h6,10,21-23,27H,2,5,7-9,11-20,32H2,1,3-4H3,(H,33,41)(H,35,42)/b24-10-/t22?,23-,27?/m1/s1. The van der Waals surface area contributed by atoms with Gasteiger partial charge in [-0.05, 0) is 31.3 Å². The van der Waals surface area contributed by atoms with E-state index in [0.29, 0.717) is 24.5 Å². The lowest BCUT2D eigenvalue weighted by Crippen LogP contribution is -2.48. The van der Waals surface area contributed by atoms with Crippen LogP contribution in [0.3, 0.4) is 0 Å². The number of methoxy groups -OCH3 is 1. The number of unbranched alkanes of at least 4 members (excludes halogenated alkanes) is 2. The van der Waals surface area contributed by atoms with Gasteiger partial charge in [-0.25, -0.2) is 9.50 Å². The third kappa shape index (κ3) is 8.54. The molecule has 0 spiro atoms. The predicted molar refractivity (Wildman–Crippen MR) is 167 cm³/mol. The third-order valence-electron chi connectivity index (χ3n) is 8.50. The van der Waals surface area contributed by atoms with E-state index in [9.17, 15) is 9.59 Å². The van der Waals surface area contributed by atoms with E-state index < -0.39 is 0 Å². The van der Waals surface area contributed by atoms with Crippen LogP contribution in [-0.4, -0.2) is 89.3 Å². The average molecular weight is 596 g/mol. The lowest BCUT2D eigenvalue weighted by molar-refractivity contribution is -0.126. The van der Waals surface area contributed by atoms with Gasteiger partial charge in [0.05, 0.1) is 30.2 Å². The van der Waals surface area contributed by atoms with Gasteiger partial charge in [-0.3, -0.25) is 14.5 Å². The highest BCUT2D eigenvalue weighted by molar-refractivity contribution is 5.93. The minimum atomic E-state index is -0.370. The minimum Gasteiger partial charge on any atom is -0.394 e. The van der Waals surface area contributed by atoms with Crippen LogP contribution in [0.4, 0.5) is 5.82 Å². The van der Waals surface area contributed by atoms with Gasteiger partial charge in [0.15, 0.2) is 5.82 Å². The Bertz CT molecular complexity index is 1270. The normalized spacial score (nSPS) is 19.7. The van der Waals surface area contributed by atoms with Gasteiger partial charge in [0.1, 0.15) is 5.69 Å². The second-order valence-electron chi connectivity index (χ2n) is 11.7. The van der Waals surface area contributed by atoms with Crippen molar-refractivity contribution in [3.05, 3.63) is 42.0 Å². The molecule has 2 fully saturated rings. The molecule has 0 radical (unpaired) electrons. The number of piperidine rings is 1. The predicted octanol–water partition coefficient (Wildman–Crippen LogP) is 2.36. The Hall–Kier alpha value is -3.51. The number of fused-ring (bicyclic) bond motifs is 1. The molecule has 2 aliphatic rings. The summed E-state index contributed by atoms with van der Waals surface area (Å²) in [6.45, 7) is 13.6. The van der Waals surface area contributed by atoms with E-state index in [1.807, 2.05) is 6.20 Å². The van der Waals surface area contributed by atoms with E-state index in [1.54, 1.807) is 11.6 Å². The van der Waals surface area contributed by atoms with Crippen molar-refractivity contribution in [3.8, 4) is 0 Å². The number of ether oxygens (including phenoxy) is 1. The topological polar surface area (TPSA) is 143 Å². The number of nitrogens with zero attached hydrogens (tertiary/aromatic N) is 6. The van der Waals surface area contributed by atoms with Crippen LogP contribution in [0.25, 0.3) is 5.78 Å². The Morgan fingerprint density at radius 1 is 1.28 bits per heavy atom. The first-order valence-electron chi connectivity index (χ1n) is 15.7. The second-order valence-corrected chi connectivity index (χ2v) is 11.7. The molecule has 2 amide bonds. The summed E-state index contributed by atoms with van der Waals surface area (Å²) >= 11 is 0. The maximum absolute atomic E-state index is 13.0. The second kappa shape index (κ2) is 15.8. The first kappa shape index (κ1) is 32.4. The summed E-state index contributed by atoms with van der Waals surface area (Å²) < 4.78 is 6.96. The lowest BCUT2D eigenvalue weighted by atomic mass is 9.93. The zero-order chi connectivity index (χ0) is 30.8. The molecule has 43 heavy (non-hydrogen) atoms. The summed E-state index contributed by atoms with van der Waals surface area (Å²) in [4.78, 5) is 40.2. The molecular formula is C31H49N9O3. The van der Waals surface area contributed by atoms with E-state index in [0.717, 1.165) is 89.3 Å². The number of aromatic nitrogens is 4. The van der Waals surface area contributed by atoms with Gasteiger partial charge in [-0.1, -0.05) is 45.8 Å². The Kier molecular flexibility index (Phi) is 11.9. The fraction of sp³-hybridized carbons (Fsp3) is 0.645. The summed E-state index contributed by atoms with van der Waals surface area (Å²) in [5.74, 6) is 0.935. The zero-order valence-electron chi connectivity index (χ0n) is 26.1. The molecule has 0 saturated carbocycles. The molecule has 2 saturated heterocycles. The lowest BCUT2D eigenvalue weighted by Gasteiger charge is -2.36. The molecule has 0 bridgehead atoms. The van der Waals surface area contributed by atoms with Crippen molar-refractivity contribution in [2.24, 2.45) is 17.6 Å². The van der Waals surface area contributed by atoms with Gasteiger partial charge in [0, 0.05) is 58.7 Å². The highest BCUT2D eigenvalue weighted by Gasteiger charge is 2.30. The quantitative estimate of drug-likeness (QED) is 0.161. The van der Waals surface area contributed by atoms with Crippen LogP contribution in [-0.2, 0) is 20.7 Å². The van der Waals surface area contributed by atoms with Crippen molar-refractivity contribution < 1.29 is 14.3 Å². The Labute approximate surface area is 255 Å². The maximum atomic E-state index is 13.0. The molecule has 3 atom stereocenters. The van der Waals surface area contributed by atoms with E-state index in [2.05, 4.69) is 40.9 Å². The molecule has 12 nitrogen and oxygen atoms in total. The molecule has 12 heteroatoms. The number of carbonyl (C=O) groups is 2. The fourth-order valence-electron chi connectivity index (χ4n) is 5.88. The number of imidazole rings is 1. The molecule has 4 N–H and O–H groups in total. The number of allylic oxidation sites excluding steroid dienone is 2. The van der Waals surface area contributed by atoms with E-state index in [-0.39, 0.29) is 35.4 Å². The number of anilines is 1. The molecule has 4 rings (SSSR count). The molecule has 2 aliphatic heterocycles. The van der Waals surface area contributed by atoms with Crippen molar-refractivity contribution >= 4 is 23.4 Å². The summed E-state index contributed by atoms with van der Waals surface area (Å²) in [5.41, 5.74) is 7.56. The highest BCUT2D eigenvalue weighted by atomic mass is 16.5. The molecular weight excluding hydrogens is 546 g/mol. The van der Waals surface area contributed by atoms with E-state index >= 15 is 0 Å². The number of nitrogens with two attached hydrogens (primary N) is 1. The number of hydrogen-bond donors (Lipinski definition) is 3. The number of carbonyl (C=O) groups excluding carboxylic acids is 2. The maximum Gasteiger partial charge on any atom is 0.267 e. The van der Waals surface area contributed by atoms with Crippen molar-refractivity contribution in [1.29, 1.82) is 0 Å². The molecule has 2 unspecified atom stereocenters. The number of amides is 2. The van der Waals surface area contributed by atoms with Gasteiger partial charge >= 0.3 is 0 Å². The fourth-order valence-corrected chi connectivity index (χ4v) is 5.88. The van der Waals surface area contributed by atoms with Gasteiger partial charge in [-0.15, -0.1) is 0 Å². The number of rotatable bonds is 15. The van der Waals surface area contributed by atoms with Gasteiger partial charge in [0.25, 0.3) is 11.7 Å². The van der Waals surface area contributed by atoms with Crippen LogP contribution in [0.15, 0.2) is 30.6 Å². The number of nitrogens with one attached hydrogen (secondary N) is 2. The number of hydrogen-bond acceptors (Lipinski definition) is 9. The summed E-state index contributed by atoms with van der Waals surface area (Å²) in [7, 11) is 1.72. The largest absolute Gasteiger partial charge is 0.394 e. The van der Waals surface area contributed by atoms with Crippen molar-refractivity contribution in [3.63, 3.8) is 0 Å². The van der Waals surface area contributed by atoms with E-state index in [4.69, 9.17) is 25.5 Å². The molecule has 0 aromatic carbocycles. The zero-order valence-corrected chi connectivity index (χ0v) is 26.1. The van der Waals surface area contributed by atoms with Crippen LogP contribution in [0.1, 0.15) is 69.8 Å². The Balaban J connectivity index is 1.67. The van der Waals surface area contributed by atoms with Crippen LogP contribution in [0.5, 0.6) is 0 Å². The van der Waals surface area contributed by atoms with Crippen molar-refractivity contribution in [1.82, 2.24) is 35.1 Å². The summed E-state index contributed by atoms with van der Waals surface area (Å²) in [5, 5.41) is 11.1. The van der Waals surface area contributed by atoms with Crippen LogP contribution in [0.2, 0.25) is 0 Å². The average Bonchev–Trinajstić information content (AvgIpc) is 3.42. The summed E-state index contributed by atoms with van der Waals surface area (Å²) in [6, 6.07) is -0.370. The molecule has 4 heterocycles. The molecule has 0 aliphatic carbocycles. The Morgan fingerprint density at radius 3 is 2.77 bits per heavy atom. The smallest absolute Gasteiger partial charge is 0.267 e. The van der Waals surface area contributed by atoms with Crippen LogP contribution in [0, 0.1) is 11.8 Å². The third-order valence-corrected chi connectivity index (χ3v) is 8.50. The first-order valence-corrected chi connectivity index (χ1v) is 15.7. The van der Waals surface area contributed by atoms with Gasteiger partial charge < -0.3 is 26.0 Å². The highest BCUT2D eigenvalue weighted by Crippen LogP contribution is 2.29. The molecule has 2 aromatic rings. The monoisotopic (exact) mass is 595 g/mol. The minimum absolute atomic E-state index is 0.0728. The Morgan fingerprint density at radius 2 is 2.07 bits per heavy atom. The van der Waals surface area contributed by atoms with Crippen molar-refractivity contribution in [2.75, 3.05) is 57.9 Å². The van der Waals surface area contributed by atoms with Gasteiger partial charge in [0.2, 0.25) is 5.91 Å².